The quantitative estimate of drug-likeness (QED) is 0.647. The van der Waals surface area contributed by atoms with Gasteiger partial charge in [-0.3, -0.25) is 0 Å². The SMILES string of the molecule is CCO[Si](C)(C)OCC.N. The predicted octanol–water partition coefficient (Wildman–Crippen LogP) is 1.92. The summed E-state index contributed by atoms with van der Waals surface area (Å²) < 4.78 is 10.8. The Labute approximate surface area is 64.6 Å². The third-order valence-electron chi connectivity index (χ3n) is 0.984. The van der Waals surface area contributed by atoms with Gasteiger partial charge in [0.15, 0.2) is 0 Å². The Morgan fingerprint density at radius 2 is 1.30 bits per heavy atom. The molecule has 64 valence electrons. The van der Waals surface area contributed by atoms with Gasteiger partial charge in [-0.05, 0) is 26.9 Å². The van der Waals surface area contributed by atoms with E-state index in [0.717, 1.165) is 13.2 Å². The van der Waals surface area contributed by atoms with E-state index in [4.69, 9.17) is 8.85 Å². The molecule has 0 aromatic carbocycles. The van der Waals surface area contributed by atoms with Gasteiger partial charge in [0.1, 0.15) is 0 Å². The number of rotatable bonds is 4. The van der Waals surface area contributed by atoms with Crippen LogP contribution in [0.3, 0.4) is 0 Å². The summed E-state index contributed by atoms with van der Waals surface area (Å²) in [6, 6.07) is 0. The molecule has 10 heavy (non-hydrogen) atoms. The molecule has 3 nitrogen and oxygen atoms in total. The van der Waals surface area contributed by atoms with E-state index in [1.54, 1.807) is 0 Å². The lowest BCUT2D eigenvalue weighted by molar-refractivity contribution is 0.196. The van der Waals surface area contributed by atoms with Crippen molar-refractivity contribution >= 4 is 8.56 Å². The molecule has 4 heteroatoms. The smallest absolute Gasteiger partial charge is 0.331 e. The Hall–Kier alpha value is 0.0969. The molecule has 3 N–H and O–H groups in total. The highest BCUT2D eigenvalue weighted by Crippen LogP contribution is 2.04. The molecule has 0 unspecified atom stereocenters. The fourth-order valence-electron chi connectivity index (χ4n) is 0.737. The van der Waals surface area contributed by atoms with E-state index in [2.05, 4.69) is 13.1 Å². The van der Waals surface area contributed by atoms with Gasteiger partial charge < -0.3 is 15.0 Å². The number of hydrogen-bond donors (Lipinski definition) is 1. The van der Waals surface area contributed by atoms with Gasteiger partial charge in [-0.25, -0.2) is 0 Å². The van der Waals surface area contributed by atoms with Gasteiger partial charge in [-0.2, -0.15) is 0 Å². The van der Waals surface area contributed by atoms with Gasteiger partial charge >= 0.3 is 8.56 Å². The van der Waals surface area contributed by atoms with E-state index in [-0.39, 0.29) is 6.15 Å². The Kier molecular flexibility index (Phi) is 7.46. The third kappa shape index (κ3) is 6.22. The van der Waals surface area contributed by atoms with E-state index in [9.17, 15) is 0 Å². The van der Waals surface area contributed by atoms with Crippen LogP contribution in [0.4, 0.5) is 0 Å². The zero-order chi connectivity index (χ0) is 7.33. The maximum Gasteiger partial charge on any atom is 0.331 e. The molecule has 0 atom stereocenters. The minimum atomic E-state index is -1.70. The average Bonchev–Trinajstić information content (AvgIpc) is 1.64. The summed E-state index contributed by atoms with van der Waals surface area (Å²) in [7, 11) is -1.70. The summed E-state index contributed by atoms with van der Waals surface area (Å²) in [6.07, 6.45) is 0. The first-order valence-electron chi connectivity index (χ1n) is 3.40. The van der Waals surface area contributed by atoms with Crippen molar-refractivity contribution in [3.8, 4) is 0 Å². The van der Waals surface area contributed by atoms with Gasteiger partial charge in [-0.15, -0.1) is 0 Å². The monoisotopic (exact) mass is 165 g/mol. The van der Waals surface area contributed by atoms with Crippen LogP contribution < -0.4 is 6.15 Å². The molecule has 0 aliphatic heterocycles. The minimum absolute atomic E-state index is 0. The van der Waals surface area contributed by atoms with Crippen molar-refractivity contribution in [2.24, 2.45) is 0 Å². The average molecular weight is 165 g/mol. The van der Waals surface area contributed by atoms with Crippen molar-refractivity contribution in [1.82, 2.24) is 6.15 Å². The van der Waals surface area contributed by atoms with Crippen molar-refractivity contribution in [3.63, 3.8) is 0 Å². The summed E-state index contributed by atoms with van der Waals surface area (Å²) in [5, 5.41) is 0. The van der Waals surface area contributed by atoms with E-state index in [0.29, 0.717) is 0 Å². The lowest BCUT2D eigenvalue weighted by Crippen LogP contribution is -2.34. The van der Waals surface area contributed by atoms with Gasteiger partial charge in [0.2, 0.25) is 0 Å². The molecule has 0 rings (SSSR count). The molecule has 0 aliphatic carbocycles. The highest BCUT2D eigenvalue weighted by atomic mass is 28.4. The van der Waals surface area contributed by atoms with Gasteiger partial charge in [0.25, 0.3) is 0 Å². The fraction of sp³-hybridized carbons (Fsp3) is 1.00. The van der Waals surface area contributed by atoms with Crippen LogP contribution in [0, 0.1) is 0 Å². The summed E-state index contributed by atoms with van der Waals surface area (Å²) in [5.74, 6) is 0. The first-order valence-corrected chi connectivity index (χ1v) is 6.22. The first-order chi connectivity index (χ1) is 4.12. The highest BCUT2D eigenvalue weighted by molar-refractivity contribution is 6.64. The van der Waals surface area contributed by atoms with Gasteiger partial charge in [0, 0.05) is 13.2 Å². The van der Waals surface area contributed by atoms with Crippen LogP contribution in [0.1, 0.15) is 13.8 Å². The molecule has 0 amide bonds. The molecule has 0 radical (unpaired) electrons. The van der Waals surface area contributed by atoms with Crippen LogP contribution in [-0.4, -0.2) is 21.8 Å². The molecule has 0 aromatic heterocycles. The second-order valence-corrected chi connectivity index (χ2v) is 5.64. The van der Waals surface area contributed by atoms with Crippen molar-refractivity contribution in [2.45, 2.75) is 26.9 Å². The lowest BCUT2D eigenvalue weighted by atomic mass is 10.9. The minimum Gasteiger partial charge on any atom is -0.395 e. The van der Waals surface area contributed by atoms with E-state index < -0.39 is 8.56 Å². The standard InChI is InChI=1S/C6H16O2Si.H3N/c1-5-7-9(3,4)8-6-2;/h5-6H2,1-4H3;1H3. The number of hydrogen-bond acceptors (Lipinski definition) is 3. The van der Waals surface area contributed by atoms with Crippen LogP contribution in [0.15, 0.2) is 0 Å². The van der Waals surface area contributed by atoms with Crippen LogP contribution >= 0.6 is 0 Å². The van der Waals surface area contributed by atoms with Gasteiger partial charge in [-0.1, -0.05) is 0 Å². The first kappa shape index (κ1) is 12.7. The molecule has 0 aromatic rings. The summed E-state index contributed by atoms with van der Waals surface area (Å²) >= 11 is 0. The Morgan fingerprint density at radius 3 is 1.50 bits per heavy atom. The largest absolute Gasteiger partial charge is 0.395 e. The molecular formula is C6H19NO2Si. The molecule has 0 saturated heterocycles. The van der Waals surface area contributed by atoms with Crippen LogP contribution in [0.2, 0.25) is 13.1 Å². The second-order valence-electron chi connectivity index (χ2n) is 2.27. The fourth-order valence-corrected chi connectivity index (χ4v) is 2.21. The molecular weight excluding hydrogens is 146 g/mol. The lowest BCUT2D eigenvalue weighted by Gasteiger charge is -2.20. The maximum atomic E-state index is 5.39. The molecule has 0 aliphatic rings. The predicted molar refractivity (Wildman–Crippen MR) is 45.8 cm³/mol. The third-order valence-corrected chi connectivity index (χ3v) is 2.95. The van der Waals surface area contributed by atoms with Crippen LogP contribution in [0.25, 0.3) is 0 Å². The van der Waals surface area contributed by atoms with Gasteiger partial charge in [0.05, 0.1) is 0 Å². The van der Waals surface area contributed by atoms with Crippen LogP contribution in [0.5, 0.6) is 0 Å². The van der Waals surface area contributed by atoms with Crippen molar-refractivity contribution < 1.29 is 8.85 Å². The van der Waals surface area contributed by atoms with Crippen molar-refractivity contribution in [2.75, 3.05) is 13.2 Å². The summed E-state index contributed by atoms with van der Waals surface area (Å²) in [4.78, 5) is 0. The van der Waals surface area contributed by atoms with E-state index in [1.807, 2.05) is 13.8 Å². The zero-order valence-corrected chi connectivity index (χ0v) is 8.44. The Bertz CT molecular complexity index is 70.1. The molecule has 0 fully saturated rings. The van der Waals surface area contributed by atoms with E-state index in [1.165, 1.54) is 0 Å². The highest BCUT2D eigenvalue weighted by Gasteiger charge is 2.22. The molecule has 0 bridgehead atoms. The molecule has 0 saturated carbocycles. The molecule has 0 spiro atoms. The Morgan fingerprint density at radius 1 is 1.00 bits per heavy atom. The molecule has 0 heterocycles. The zero-order valence-electron chi connectivity index (χ0n) is 7.44. The van der Waals surface area contributed by atoms with Crippen molar-refractivity contribution in [3.05, 3.63) is 0 Å². The second kappa shape index (κ2) is 5.85. The topological polar surface area (TPSA) is 53.5 Å². The van der Waals surface area contributed by atoms with Crippen LogP contribution in [-0.2, 0) is 8.85 Å². The summed E-state index contributed by atoms with van der Waals surface area (Å²) in [5.41, 5.74) is 0. The summed E-state index contributed by atoms with van der Waals surface area (Å²) in [6.45, 7) is 9.62. The maximum absolute atomic E-state index is 5.39. The Balaban J connectivity index is 0. The van der Waals surface area contributed by atoms with E-state index >= 15 is 0 Å². The van der Waals surface area contributed by atoms with Crippen molar-refractivity contribution in [1.29, 1.82) is 0 Å². The normalized spacial score (nSPS) is 10.8.